The number of benzene rings is 1. The van der Waals surface area contributed by atoms with E-state index in [-0.39, 0.29) is 60.8 Å². The summed E-state index contributed by atoms with van der Waals surface area (Å²) in [4.78, 5) is 101. The maximum atomic E-state index is 13.6. The number of nitrogens with one attached hydrogen (secondary N) is 7. The molecule has 2 heterocycles. The van der Waals surface area contributed by atoms with E-state index in [2.05, 4.69) is 46.5 Å². The highest BCUT2D eigenvalue weighted by molar-refractivity contribution is 6.07. The van der Waals surface area contributed by atoms with Gasteiger partial charge in [0.2, 0.25) is 0 Å². The molecular weight excluding hydrogens is 680 g/mol. The molecule has 1 aromatic carbocycles. The Bertz CT molecular complexity index is 1720. The number of hydrogen-bond acceptors (Lipinski definition) is 11. The highest BCUT2D eigenvalue weighted by atomic mass is 16.4. The van der Waals surface area contributed by atoms with E-state index in [0.717, 1.165) is 11.9 Å². The highest BCUT2D eigenvalue weighted by Gasteiger charge is 2.29. The molecule has 52 heavy (non-hydrogen) atoms. The second-order valence-electron chi connectivity index (χ2n) is 12.4. The molecule has 0 aliphatic heterocycles. The van der Waals surface area contributed by atoms with Gasteiger partial charge in [-0.3, -0.25) is 28.8 Å². The number of hydrogen-bond donors (Lipinski definition) is 10. The first-order valence-electron chi connectivity index (χ1n) is 16.4. The van der Waals surface area contributed by atoms with Gasteiger partial charge in [0.1, 0.15) is 17.4 Å². The number of aliphatic carboxylic acids is 2. The number of carbonyl (C=O) groups is 7. The predicted molar refractivity (Wildman–Crippen MR) is 184 cm³/mol. The van der Waals surface area contributed by atoms with Gasteiger partial charge in [0, 0.05) is 25.2 Å². The average Bonchev–Trinajstić information content (AvgIpc) is 3.79. The van der Waals surface area contributed by atoms with Crippen molar-refractivity contribution in [1.29, 1.82) is 0 Å². The topological polar surface area (TPSA) is 303 Å². The van der Waals surface area contributed by atoms with E-state index in [9.17, 15) is 38.7 Å². The molecule has 0 spiro atoms. The fourth-order valence-electron chi connectivity index (χ4n) is 5.07. The molecule has 3 aromatic rings. The number of aromatic amines is 2. The minimum Gasteiger partial charge on any atom is -0.481 e. The molecule has 19 heteroatoms. The van der Waals surface area contributed by atoms with Gasteiger partial charge in [-0.15, -0.1) is 0 Å². The van der Waals surface area contributed by atoms with Crippen LogP contribution < -0.4 is 32.3 Å². The van der Waals surface area contributed by atoms with Crippen LogP contribution in [0.25, 0.3) is 0 Å². The quantitative estimate of drug-likeness (QED) is 0.0645. The third kappa shape index (κ3) is 12.1. The molecule has 3 rings (SSSR count). The number of ketones is 1. The maximum absolute atomic E-state index is 13.6. The van der Waals surface area contributed by atoms with Crippen molar-refractivity contribution in [3.63, 3.8) is 0 Å². The van der Waals surface area contributed by atoms with Gasteiger partial charge in [0.15, 0.2) is 17.2 Å². The van der Waals surface area contributed by atoms with E-state index in [0.29, 0.717) is 6.42 Å². The van der Waals surface area contributed by atoms with Crippen molar-refractivity contribution >= 4 is 41.4 Å². The third-order valence-electron chi connectivity index (χ3n) is 7.63. The summed E-state index contributed by atoms with van der Waals surface area (Å²) in [5, 5.41) is 31.5. The number of rotatable bonds is 21. The highest BCUT2D eigenvalue weighted by Crippen LogP contribution is 2.11. The predicted octanol–water partition coefficient (Wildman–Crippen LogP) is -0.788. The number of amides is 4. The zero-order valence-electron chi connectivity index (χ0n) is 28.9. The van der Waals surface area contributed by atoms with E-state index in [1.807, 2.05) is 19.9 Å². The first-order chi connectivity index (χ1) is 24.7. The fraction of sp³-hybridized carbons (Fsp3) is 0.424. The van der Waals surface area contributed by atoms with E-state index >= 15 is 0 Å². The lowest BCUT2D eigenvalue weighted by molar-refractivity contribution is -0.145. The average molecular weight is 725 g/mol. The summed E-state index contributed by atoms with van der Waals surface area (Å²) in [5.41, 5.74) is 5.34. The Kier molecular flexibility index (Phi) is 15.1. The summed E-state index contributed by atoms with van der Waals surface area (Å²) in [7, 11) is 0. The van der Waals surface area contributed by atoms with Crippen LogP contribution in [0.1, 0.15) is 81.1 Å². The fourth-order valence-corrected chi connectivity index (χ4v) is 5.07. The van der Waals surface area contributed by atoms with Crippen LogP contribution in [0.3, 0.4) is 0 Å². The number of aromatic nitrogens is 4. The molecule has 280 valence electrons. The molecule has 4 atom stereocenters. The maximum Gasteiger partial charge on any atom is 0.326 e. The molecule has 0 aliphatic rings. The second kappa shape index (κ2) is 19.4. The zero-order valence-corrected chi connectivity index (χ0v) is 28.9. The van der Waals surface area contributed by atoms with Gasteiger partial charge in [-0.05, 0) is 31.2 Å². The van der Waals surface area contributed by atoms with Crippen molar-refractivity contribution in [3.8, 4) is 0 Å². The van der Waals surface area contributed by atoms with Gasteiger partial charge in [-0.25, -0.2) is 14.8 Å². The number of imidazole rings is 2. The molecule has 0 unspecified atom stereocenters. The number of carboxylic acids is 2. The molecule has 0 saturated carbocycles. The standard InChI is InChI=1S/C33H44N10O9/c1-17(2)9-20(41-30(48)26-28(39-16-37-26)32(50)43-22(33(51)52)11-24(45)46)13-35-14-23(44)21(10-19-7-5-4-6-8-19)42-31(49)27-25(36-15-38-27)29(47)40-18(3)12-34/h4-8,15-18,20-22,35H,9-14,34H2,1-3H3,(H,36,38)(H,37,39)(H,40,47)(H,41,48)(H,42,49)(H,43,50)(H,45,46)(H,51,52)/t18-,20-,21-,22-/m0/s1. The lowest BCUT2D eigenvalue weighted by Gasteiger charge is -2.22. The van der Waals surface area contributed by atoms with Crippen LogP contribution in [-0.2, 0) is 20.8 Å². The van der Waals surface area contributed by atoms with Crippen molar-refractivity contribution in [3.05, 3.63) is 71.3 Å². The van der Waals surface area contributed by atoms with Crippen LogP contribution in [-0.4, -0.2) is 115 Å². The molecule has 19 nitrogen and oxygen atoms in total. The van der Waals surface area contributed by atoms with Crippen LogP contribution in [0, 0.1) is 5.92 Å². The largest absolute Gasteiger partial charge is 0.481 e. The zero-order chi connectivity index (χ0) is 38.4. The Morgan fingerprint density at radius 3 is 1.85 bits per heavy atom. The lowest BCUT2D eigenvalue weighted by Crippen LogP contribution is -2.49. The monoisotopic (exact) mass is 724 g/mol. The Balaban J connectivity index is 1.70. The summed E-state index contributed by atoms with van der Waals surface area (Å²) >= 11 is 0. The van der Waals surface area contributed by atoms with Crippen LogP contribution in [0.2, 0.25) is 0 Å². The van der Waals surface area contributed by atoms with Crippen molar-refractivity contribution in [2.24, 2.45) is 11.7 Å². The molecular formula is C33H44N10O9. The van der Waals surface area contributed by atoms with Gasteiger partial charge in [0.25, 0.3) is 23.6 Å². The Hall–Kier alpha value is -5.95. The summed E-state index contributed by atoms with van der Waals surface area (Å²) in [5.74, 6) is -6.48. The molecule has 0 saturated heterocycles. The minimum absolute atomic E-state index is 0.0795. The van der Waals surface area contributed by atoms with Gasteiger partial charge >= 0.3 is 11.9 Å². The summed E-state index contributed by atoms with van der Waals surface area (Å²) in [6.45, 7) is 5.57. The van der Waals surface area contributed by atoms with E-state index in [4.69, 9.17) is 10.8 Å². The number of nitrogens with zero attached hydrogens (tertiary/aromatic N) is 2. The molecule has 11 N–H and O–H groups in total. The molecule has 0 radical (unpaired) electrons. The second-order valence-corrected chi connectivity index (χ2v) is 12.4. The van der Waals surface area contributed by atoms with Gasteiger partial charge in [-0.2, -0.15) is 0 Å². The summed E-state index contributed by atoms with van der Waals surface area (Å²) in [6, 6.07) is 5.28. The number of nitrogens with two attached hydrogens (primary N) is 1. The molecule has 0 bridgehead atoms. The summed E-state index contributed by atoms with van der Waals surface area (Å²) in [6.07, 6.45) is 1.95. The number of Topliss-reactive ketones (excluding diaryl/α,β-unsaturated/α-hetero) is 1. The van der Waals surface area contributed by atoms with Crippen LogP contribution in [0.4, 0.5) is 0 Å². The Morgan fingerprint density at radius 2 is 1.33 bits per heavy atom. The summed E-state index contributed by atoms with van der Waals surface area (Å²) < 4.78 is 0. The van der Waals surface area contributed by atoms with Crippen LogP contribution in [0.5, 0.6) is 0 Å². The number of carboxylic acid groups (broad SMARTS) is 2. The normalized spacial score (nSPS) is 13.3. The third-order valence-corrected chi connectivity index (χ3v) is 7.63. The van der Waals surface area contributed by atoms with Crippen molar-refractivity contribution < 1.29 is 43.8 Å². The Labute approximate surface area is 298 Å². The SMILES string of the molecule is CC(C)C[C@@H](CNCC(=O)[C@H](Cc1ccccc1)NC(=O)c1[nH]cnc1C(=O)N[C@@H](C)CN)NC(=O)c1nc[nH]c1C(=O)N[C@@H](CC(=O)O)C(=O)O. The van der Waals surface area contributed by atoms with Crippen molar-refractivity contribution in [2.45, 2.75) is 64.2 Å². The minimum atomic E-state index is -1.75. The molecule has 2 aromatic heterocycles. The van der Waals surface area contributed by atoms with E-state index in [1.54, 1.807) is 31.2 Å². The molecule has 4 amide bonds. The molecule has 0 fully saturated rings. The van der Waals surface area contributed by atoms with Crippen molar-refractivity contribution in [1.82, 2.24) is 46.5 Å². The van der Waals surface area contributed by atoms with Gasteiger partial charge < -0.3 is 52.5 Å². The van der Waals surface area contributed by atoms with Gasteiger partial charge in [0.05, 0.1) is 31.7 Å². The van der Waals surface area contributed by atoms with Gasteiger partial charge in [-0.1, -0.05) is 44.2 Å². The van der Waals surface area contributed by atoms with E-state index < -0.39 is 65.9 Å². The van der Waals surface area contributed by atoms with Crippen LogP contribution >= 0.6 is 0 Å². The van der Waals surface area contributed by atoms with E-state index in [1.165, 1.54) is 6.33 Å². The number of carbonyl (C=O) groups excluding carboxylic acids is 5. The first kappa shape index (κ1) is 40.5. The first-order valence-corrected chi connectivity index (χ1v) is 16.4. The van der Waals surface area contributed by atoms with Crippen LogP contribution in [0.15, 0.2) is 43.0 Å². The smallest absolute Gasteiger partial charge is 0.326 e. The number of H-pyrrole nitrogens is 2. The van der Waals surface area contributed by atoms with Crippen molar-refractivity contribution in [2.75, 3.05) is 19.6 Å². The molecule has 0 aliphatic carbocycles. The lowest BCUT2D eigenvalue weighted by atomic mass is 10.0. The Morgan fingerprint density at radius 1 is 0.769 bits per heavy atom.